The third kappa shape index (κ3) is 4.59. The zero-order valence-corrected chi connectivity index (χ0v) is 9.36. The van der Waals surface area contributed by atoms with E-state index in [1.54, 1.807) is 7.11 Å². The molecule has 1 rings (SSSR count). The van der Waals surface area contributed by atoms with Crippen molar-refractivity contribution >= 4 is 11.9 Å². The molecular weight excluding hydrogens is 212 g/mol. The molecule has 1 unspecified atom stereocenters. The van der Waals surface area contributed by atoms with E-state index >= 15 is 0 Å². The van der Waals surface area contributed by atoms with Gasteiger partial charge in [0.15, 0.2) is 0 Å². The number of rotatable bonds is 8. The standard InChI is InChI=1S/C10H18N2O4/c1-16-5-4-11-6-8(13)12-9(10(14)15)7-2-3-7/h7,9,11H,2-6H2,1H3,(H,12,13)(H,14,15). The van der Waals surface area contributed by atoms with Gasteiger partial charge in [0.05, 0.1) is 13.2 Å². The summed E-state index contributed by atoms with van der Waals surface area (Å²) >= 11 is 0. The second kappa shape index (κ2) is 6.44. The van der Waals surface area contributed by atoms with Crippen molar-refractivity contribution in [1.82, 2.24) is 10.6 Å². The zero-order chi connectivity index (χ0) is 12.0. The summed E-state index contributed by atoms with van der Waals surface area (Å²) in [4.78, 5) is 22.2. The van der Waals surface area contributed by atoms with Crippen molar-refractivity contribution in [2.75, 3.05) is 26.8 Å². The molecule has 1 amide bonds. The van der Waals surface area contributed by atoms with Crippen molar-refractivity contribution in [3.63, 3.8) is 0 Å². The molecule has 1 fully saturated rings. The number of aliphatic carboxylic acids is 1. The second-order valence-corrected chi connectivity index (χ2v) is 3.89. The summed E-state index contributed by atoms with van der Waals surface area (Å²) in [6, 6.07) is -0.725. The lowest BCUT2D eigenvalue weighted by Crippen LogP contribution is -2.46. The van der Waals surface area contributed by atoms with Crippen molar-refractivity contribution < 1.29 is 19.4 Å². The van der Waals surface area contributed by atoms with Crippen LogP contribution in [-0.2, 0) is 14.3 Å². The highest BCUT2D eigenvalue weighted by Crippen LogP contribution is 2.32. The van der Waals surface area contributed by atoms with Gasteiger partial charge in [0.1, 0.15) is 6.04 Å². The summed E-state index contributed by atoms with van der Waals surface area (Å²) < 4.78 is 4.80. The number of methoxy groups -OCH3 is 1. The molecule has 0 radical (unpaired) electrons. The molecular formula is C10H18N2O4. The molecule has 3 N–H and O–H groups in total. The minimum absolute atomic E-state index is 0.112. The number of carboxylic acid groups (broad SMARTS) is 1. The van der Waals surface area contributed by atoms with Crippen LogP contribution in [0.5, 0.6) is 0 Å². The van der Waals surface area contributed by atoms with Crippen LogP contribution in [-0.4, -0.2) is 49.8 Å². The Kier molecular flexibility index (Phi) is 5.21. The fourth-order valence-corrected chi connectivity index (χ4v) is 1.41. The normalized spacial score (nSPS) is 16.8. The molecule has 6 nitrogen and oxygen atoms in total. The van der Waals surface area contributed by atoms with Crippen LogP contribution in [0.15, 0.2) is 0 Å². The summed E-state index contributed by atoms with van der Waals surface area (Å²) in [5, 5.41) is 14.3. The van der Waals surface area contributed by atoms with E-state index in [0.29, 0.717) is 13.2 Å². The lowest BCUT2D eigenvalue weighted by Gasteiger charge is -2.13. The number of carboxylic acids is 1. The molecule has 0 aromatic carbocycles. The second-order valence-electron chi connectivity index (χ2n) is 3.89. The van der Waals surface area contributed by atoms with Crippen molar-refractivity contribution in [2.24, 2.45) is 5.92 Å². The lowest BCUT2D eigenvalue weighted by atomic mass is 10.2. The van der Waals surface area contributed by atoms with E-state index < -0.39 is 12.0 Å². The molecule has 0 saturated heterocycles. The molecule has 0 aliphatic heterocycles. The highest BCUT2D eigenvalue weighted by atomic mass is 16.5. The maximum Gasteiger partial charge on any atom is 0.326 e. The molecule has 0 aromatic heterocycles. The largest absolute Gasteiger partial charge is 0.480 e. The Balaban J connectivity index is 2.18. The average Bonchev–Trinajstić information content (AvgIpc) is 3.04. The fraction of sp³-hybridized carbons (Fsp3) is 0.800. The first-order valence-corrected chi connectivity index (χ1v) is 5.37. The smallest absolute Gasteiger partial charge is 0.326 e. The first kappa shape index (κ1) is 12.9. The summed E-state index contributed by atoms with van der Waals surface area (Å²) in [6.07, 6.45) is 1.77. The van der Waals surface area contributed by atoms with Gasteiger partial charge >= 0.3 is 5.97 Å². The molecule has 1 aliphatic carbocycles. The van der Waals surface area contributed by atoms with Crippen LogP contribution in [0.4, 0.5) is 0 Å². The van der Waals surface area contributed by atoms with Crippen LogP contribution in [0.2, 0.25) is 0 Å². The van der Waals surface area contributed by atoms with Crippen LogP contribution in [0.25, 0.3) is 0 Å². The highest BCUT2D eigenvalue weighted by Gasteiger charge is 2.37. The first-order chi connectivity index (χ1) is 7.65. The third-order valence-corrected chi connectivity index (χ3v) is 2.44. The van der Waals surface area contributed by atoms with Gasteiger partial charge in [-0.3, -0.25) is 4.79 Å². The fourth-order valence-electron chi connectivity index (χ4n) is 1.41. The number of ether oxygens (including phenoxy) is 1. The Hall–Kier alpha value is -1.14. The molecule has 0 aromatic rings. The topological polar surface area (TPSA) is 87.7 Å². The number of hydrogen-bond acceptors (Lipinski definition) is 4. The van der Waals surface area contributed by atoms with Gasteiger partial charge in [0, 0.05) is 13.7 Å². The van der Waals surface area contributed by atoms with Crippen LogP contribution in [0.3, 0.4) is 0 Å². The number of carbonyl (C=O) groups is 2. The Bertz CT molecular complexity index is 253. The molecule has 0 spiro atoms. The Morgan fingerprint density at radius 3 is 2.69 bits per heavy atom. The maximum absolute atomic E-state index is 11.4. The van der Waals surface area contributed by atoms with Gasteiger partial charge in [0.25, 0.3) is 0 Å². The predicted molar refractivity (Wildman–Crippen MR) is 57.0 cm³/mol. The zero-order valence-electron chi connectivity index (χ0n) is 9.36. The predicted octanol–water partition coefficient (Wildman–Crippen LogP) is -0.798. The van der Waals surface area contributed by atoms with E-state index in [9.17, 15) is 9.59 Å². The molecule has 6 heteroatoms. The van der Waals surface area contributed by atoms with Crippen molar-refractivity contribution in [3.05, 3.63) is 0 Å². The Morgan fingerprint density at radius 2 is 2.19 bits per heavy atom. The summed E-state index contributed by atoms with van der Waals surface area (Å²) in [6.45, 7) is 1.23. The van der Waals surface area contributed by atoms with Gasteiger partial charge < -0.3 is 20.5 Å². The highest BCUT2D eigenvalue weighted by molar-refractivity contribution is 5.85. The summed E-state index contributed by atoms with van der Waals surface area (Å²) in [5.74, 6) is -1.12. The van der Waals surface area contributed by atoms with E-state index in [-0.39, 0.29) is 18.4 Å². The molecule has 92 valence electrons. The Morgan fingerprint density at radius 1 is 1.50 bits per heavy atom. The van der Waals surface area contributed by atoms with E-state index in [4.69, 9.17) is 9.84 Å². The van der Waals surface area contributed by atoms with Gasteiger partial charge in [0.2, 0.25) is 5.91 Å². The van der Waals surface area contributed by atoms with Gasteiger partial charge in [-0.05, 0) is 18.8 Å². The van der Waals surface area contributed by atoms with E-state index in [2.05, 4.69) is 10.6 Å². The summed E-state index contributed by atoms with van der Waals surface area (Å²) in [7, 11) is 1.58. The maximum atomic E-state index is 11.4. The molecule has 1 aliphatic rings. The molecule has 1 saturated carbocycles. The number of amides is 1. The molecule has 1 atom stereocenters. The number of hydrogen-bond donors (Lipinski definition) is 3. The lowest BCUT2D eigenvalue weighted by molar-refractivity contribution is -0.142. The number of carbonyl (C=O) groups excluding carboxylic acids is 1. The van der Waals surface area contributed by atoms with Crippen LogP contribution in [0.1, 0.15) is 12.8 Å². The van der Waals surface area contributed by atoms with Gasteiger partial charge in [-0.25, -0.2) is 4.79 Å². The van der Waals surface area contributed by atoms with Gasteiger partial charge in [-0.2, -0.15) is 0 Å². The van der Waals surface area contributed by atoms with Crippen molar-refractivity contribution in [1.29, 1.82) is 0 Å². The minimum Gasteiger partial charge on any atom is -0.480 e. The van der Waals surface area contributed by atoms with Gasteiger partial charge in [-0.15, -0.1) is 0 Å². The quantitative estimate of drug-likeness (QED) is 0.475. The van der Waals surface area contributed by atoms with E-state index in [1.807, 2.05) is 0 Å². The van der Waals surface area contributed by atoms with E-state index in [0.717, 1.165) is 12.8 Å². The average molecular weight is 230 g/mol. The molecule has 0 heterocycles. The van der Waals surface area contributed by atoms with Crippen LogP contribution < -0.4 is 10.6 Å². The SMILES string of the molecule is COCCNCC(=O)NC(C(=O)O)C1CC1. The van der Waals surface area contributed by atoms with Crippen LogP contribution >= 0.6 is 0 Å². The van der Waals surface area contributed by atoms with Crippen molar-refractivity contribution in [3.8, 4) is 0 Å². The minimum atomic E-state index is -0.951. The third-order valence-electron chi connectivity index (χ3n) is 2.44. The van der Waals surface area contributed by atoms with Gasteiger partial charge in [-0.1, -0.05) is 0 Å². The summed E-state index contributed by atoms with van der Waals surface area (Å²) in [5.41, 5.74) is 0. The van der Waals surface area contributed by atoms with E-state index in [1.165, 1.54) is 0 Å². The number of nitrogens with one attached hydrogen (secondary N) is 2. The Labute approximate surface area is 94.3 Å². The first-order valence-electron chi connectivity index (χ1n) is 5.37. The monoisotopic (exact) mass is 230 g/mol. The molecule has 0 bridgehead atoms. The van der Waals surface area contributed by atoms with Crippen molar-refractivity contribution in [2.45, 2.75) is 18.9 Å². The molecule has 16 heavy (non-hydrogen) atoms. The van der Waals surface area contributed by atoms with Crippen LogP contribution in [0, 0.1) is 5.92 Å².